The molecule has 3 N–H and O–H groups in total. The zero-order chi connectivity index (χ0) is 13.4. The van der Waals surface area contributed by atoms with Crippen LogP contribution >= 0.6 is 0 Å². The molecule has 0 radical (unpaired) electrons. The van der Waals surface area contributed by atoms with E-state index in [2.05, 4.69) is 4.98 Å². The van der Waals surface area contributed by atoms with E-state index in [9.17, 15) is 18.8 Å². The molecule has 18 heavy (non-hydrogen) atoms. The average Bonchev–Trinajstić information content (AvgIpc) is 2.27. The Hall–Kier alpha value is -2.70. The van der Waals surface area contributed by atoms with Gasteiger partial charge in [0.15, 0.2) is 0 Å². The first kappa shape index (κ1) is 11.8. The SMILES string of the molecule is O=C(O)c1[nH]c2cc(F)ccc2c(=O)c1C(=O)O. The lowest BCUT2D eigenvalue weighted by molar-refractivity contribution is 0.0646. The number of rotatable bonds is 2. The van der Waals surface area contributed by atoms with Crippen LogP contribution in [-0.4, -0.2) is 27.1 Å². The van der Waals surface area contributed by atoms with Gasteiger partial charge in [-0.3, -0.25) is 4.79 Å². The topological polar surface area (TPSA) is 107 Å². The van der Waals surface area contributed by atoms with Crippen molar-refractivity contribution in [1.82, 2.24) is 4.98 Å². The smallest absolute Gasteiger partial charge is 0.353 e. The highest BCUT2D eigenvalue weighted by atomic mass is 19.1. The van der Waals surface area contributed by atoms with E-state index in [0.29, 0.717) is 0 Å². The highest BCUT2D eigenvalue weighted by Crippen LogP contribution is 2.13. The molecule has 2 aromatic rings. The molecule has 0 saturated heterocycles. The predicted octanol–water partition coefficient (Wildman–Crippen LogP) is 1.06. The number of carbonyl (C=O) groups is 2. The van der Waals surface area contributed by atoms with Crippen molar-refractivity contribution >= 4 is 22.8 Å². The number of aromatic amines is 1. The van der Waals surface area contributed by atoms with Crippen LogP contribution in [0, 0.1) is 5.82 Å². The summed E-state index contributed by atoms with van der Waals surface area (Å²) in [7, 11) is 0. The molecule has 0 fully saturated rings. The number of halogens is 1. The Labute approximate surface area is 98.3 Å². The number of benzene rings is 1. The molecule has 0 saturated carbocycles. The molecular formula is C11H6FNO5. The minimum atomic E-state index is -1.65. The van der Waals surface area contributed by atoms with E-state index in [-0.39, 0.29) is 10.9 Å². The fourth-order valence-corrected chi connectivity index (χ4v) is 1.63. The van der Waals surface area contributed by atoms with Gasteiger partial charge in [0.2, 0.25) is 5.43 Å². The summed E-state index contributed by atoms with van der Waals surface area (Å²) in [5.74, 6) is -3.92. The Morgan fingerprint density at radius 2 is 1.83 bits per heavy atom. The van der Waals surface area contributed by atoms with E-state index in [4.69, 9.17) is 10.2 Å². The quantitative estimate of drug-likeness (QED) is 0.739. The van der Waals surface area contributed by atoms with Gasteiger partial charge >= 0.3 is 11.9 Å². The van der Waals surface area contributed by atoms with Gasteiger partial charge < -0.3 is 15.2 Å². The molecule has 0 atom stereocenters. The number of hydrogen-bond donors (Lipinski definition) is 3. The fourth-order valence-electron chi connectivity index (χ4n) is 1.63. The zero-order valence-electron chi connectivity index (χ0n) is 8.73. The van der Waals surface area contributed by atoms with Crippen molar-refractivity contribution in [2.75, 3.05) is 0 Å². The molecule has 1 aromatic heterocycles. The van der Waals surface area contributed by atoms with Crippen molar-refractivity contribution in [2.45, 2.75) is 0 Å². The molecule has 1 aromatic carbocycles. The summed E-state index contributed by atoms with van der Waals surface area (Å²) >= 11 is 0. The predicted molar refractivity (Wildman–Crippen MR) is 58.4 cm³/mol. The van der Waals surface area contributed by atoms with E-state index in [1.54, 1.807) is 0 Å². The number of aromatic carboxylic acids is 2. The van der Waals surface area contributed by atoms with Crippen LogP contribution in [0.5, 0.6) is 0 Å². The highest BCUT2D eigenvalue weighted by molar-refractivity contribution is 6.03. The van der Waals surface area contributed by atoms with Crippen molar-refractivity contribution < 1.29 is 24.2 Å². The molecule has 0 aliphatic carbocycles. The van der Waals surface area contributed by atoms with Gasteiger partial charge in [-0.15, -0.1) is 0 Å². The maximum Gasteiger partial charge on any atom is 0.353 e. The first-order chi connectivity index (χ1) is 8.41. The maximum atomic E-state index is 13.0. The number of H-pyrrole nitrogens is 1. The maximum absolute atomic E-state index is 13.0. The third-order valence-electron chi connectivity index (χ3n) is 2.39. The van der Waals surface area contributed by atoms with Crippen LogP contribution < -0.4 is 5.43 Å². The first-order valence-electron chi connectivity index (χ1n) is 4.74. The van der Waals surface area contributed by atoms with Gasteiger partial charge in [-0.1, -0.05) is 0 Å². The minimum Gasteiger partial charge on any atom is -0.477 e. The van der Waals surface area contributed by atoms with Gasteiger partial charge in [0.05, 0.1) is 5.52 Å². The van der Waals surface area contributed by atoms with Crippen LogP contribution in [-0.2, 0) is 0 Å². The highest BCUT2D eigenvalue weighted by Gasteiger charge is 2.22. The van der Waals surface area contributed by atoms with Gasteiger partial charge in [0, 0.05) is 5.39 Å². The van der Waals surface area contributed by atoms with Crippen LogP contribution in [0.15, 0.2) is 23.0 Å². The van der Waals surface area contributed by atoms with Gasteiger partial charge in [0.25, 0.3) is 0 Å². The van der Waals surface area contributed by atoms with E-state index >= 15 is 0 Å². The standard InChI is InChI=1S/C11H6FNO5/c12-4-1-2-5-6(3-4)13-8(11(17)18)7(9(5)14)10(15)16/h1-3H,(H,13,14)(H,15,16)(H,17,18). The van der Waals surface area contributed by atoms with Crippen molar-refractivity contribution in [1.29, 1.82) is 0 Å². The third kappa shape index (κ3) is 1.71. The number of pyridine rings is 1. The van der Waals surface area contributed by atoms with E-state index in [0.717, 1.165) is 18.2 Å². The molecule has 0 aliphatic heterocycles. The number of aromatic nitrogens is 1. The lowest BCUT2D eigenvalue weighted by Gasteiger charge is -2.04. The third-order valence-corrected chi connectivity index (χ3v) is 2.39. The van der Waals surface area contributed by atoms with Gasteiger partial charge in [-0.2, -0.15) is 0 Å². The largest absolute Gasteiger partial charge is 0.477 e. The molecule has 92 valence electrons. The summed E-state index contributed by atoms with van der Waals surface area (Å²) < 4.78 is 13.0. The molecular weight excluding hydrogens is 245 g/mol. The number of carboxylic acid groups (broad SMARTS) is 2. The van der Waals surface area contributed by atoms with Crippen LogP contribution in [0.25, 0.3) is 10.9 Å². The lowest BCUT2D eigenvalue weighted by Crippen LogP contribution is -2.22. The van der Waals surface area contributed by atoms with Crippen molar-refractivity contribution in [3.05, 3.63) is 45.5 Å². The van der Waals surface area contributed by atoms with Gasteiger partial charge in [-0.25, -0.2) is 14.0 Å². The number of fused-ring (bicyclic) bond motifs is 1. The summed E-state index contributed by atoms with van der Waals surface area (Å²) in [5, 5.41) is 17.6. The number of carboxylic acids is 2. The second-order valence-corrected chi connectivity index (χ2v) is 3.50. The Balaban J connectivity index is 2.99. The molecule has 0 bridgehead atoms. The van der Waals surface area contributed by atoms with Gasteiger partial charge in [0.1, 0.15) is 17.1 Å². The van der Waals surface area contributed by atoms with Gasteiger partial charge in [-0.05, 0) is 18.2 Å². The van der Waals surface area contributed by atoms with E-state index < -0.39 is 34.4 Å². The Morgan fingerprint density at radius 3 is 2.39 bits per heavy atom. The van der Waals surface area contributed by atoms with Crippen LogP contribution in [0.3, 0.4) is 0 Å². The Kier molecular flexibility index (Phi) is 2.59. The molecule has 0 aliphatic rings. The van der Waals surface area contributed by atoms with E-state index in [1.807, 2.05) is 0 Å². The number of nitrogens with one attached hydrogen (secondary N) is 1. The minimum absolute atomic E-state index is 0.0672. The molecule has 2 rings (SSSR count). The Morgan fingerprint density at radius 1 is 1.17 bits per heavy atom. The van der Waals surface area contributed by atoms with Crippen molar-refractivity contribution in [3.8, 4) is 0 Å². The lowest BCUT2D eigenvalue weighted by atomic mass is 10.1. The molecule has 0 unspecified atom stereocenters. The second kappa shape index (κ2) is 3.95. The average molecular weight is 251 g/mol. The van der Waals surface area contributed by atoms with Crippen molar-refractivity contribution in [3.63, 3.8) is 0 Å². The summed E-state index contributed by atoms with van der Waals surface area (Å²) in [6.45, 7) is 0. The second-order valence-electron chi connectivity index (χ2n) is 3.50. The number of hydrogen-bond acceptors (Lipinski definition) is 3. The monoisotopic (exact) mass is 251 g/mol. The summed E-state index contributed by atoms with van der Waals surface area (Å²) in [6, 6.07) is 3.01. The normalized spacial score (nSPS) is 10.5. The molecule has 0 spiro atoms. The Bertz CT molecular complexity index is 734. The fraction of sp³-hybridized carbons (Fsp3) is 0. The zero-order valence-corrected chi connectivity index (χ0v) is 8.73. The molecule has 0 amide bonds. The van der Waals surface area contributed by atoms with Crippen LogP contribution in [0.1, 0.15) is 20.8 Å². The molecule has 7 heteroatoms. The summed E-state index contributed by atoms with van der Waals surface area (Å²) in [4.78, 5) is 35.8. The van der Waals surface area contributed by atoms with E-state index in [1.165, 1.54) is 0 Å². The van der Waals surface area contributed by atoms with Crippen molar-refractivity contribution in [2.24, 2.45) is 0 Å². The molecule has 6 nitrogen and oxygen atoms in total. The van der Waals surface area contributed by atoms with Crippen LogP contribution in [0.2, 0.25) is 0 Å². The summed E-state index contributed by atoms with van der Waals surface area (Å²) in [6.07, 6.45) is 0. The summed E-state index contributed by atoms with van der Waals surface area (Å²) in [5.41, 5.74) is -2.68. The molecule has 1 heterocycles. The van der Waals surface area contributed by atoms with Crippen LogP contribution in [0.4, 0.5) is 4.39 Å². The first-order valence-corrected chi connectivity index (χ1v) is 4.74.